The fourth-order valence-electron chi connectivity index (χ4n) is 2.08. The quantitative estimate of drug-likeness (QED) is 0.904. The summed E-state index contributed by atoms with van der Waals surface area (Å²) in [6.45, 7) is 0.0177. The molecule has 0 fully saturated rings. The maximum absolute atomic E-state index is 13.0. The molecule has 3 N–H and O–H groups in total. The van der Waals surface area contributed by atoms with Gasteiger partial charge in [-0.2, -0.15) is 13.2 Å². The lowest BCUT2D eigenvalue weighted by molar-refractivity contribution is -0.138. The maximum Gasteiger partial charge on any atom is 0.418 e. The Bertz CT molecular complexity index is 602. The molecular weight excluding hydrogens is 317 g/mol. The summed E-state index contributed by atoms with van der Waals surface area (Å²) in [7, 11) is 0. The van der Waals surface area contributed by atoms with E-state index in [-0.39, 0.29) is 24.7 Å². The second-order valence-electron chi connectivity index (χ2n) is 4.63. The molecule has 2 rings (SSSR count). The average Bonchev–Trinajstić information content (AvgIpc) is 2.47. The van der Waals surface area contributed by atoms with Crippen molar-refractivity contribution in [1.29, 1.82) is 0 Å². The van der Waals surface area contributed by atoms with Gasteiger partial charge in [-0.15, -0.1) is 12.4 Å². The molecule has 0 unspecified atom stereocenters. The third-order valence-corrected chi connectivity index (χ3v) is 3.18. The van der Waals surface area contributed by atoms with Gasteiger partial charge in [-0.1, -0.05) is 24.3 Å². The first kappa shape index (κ1) is 18.4. The molecule has 0 spiro atoms. The Labute approximate surface area is 132 Å². The van der Waals surface area contributed by atoms with E-state index in [2.05, 4.69) is 4.98 Å². The van der Waals surface area contributed by atoms with Crippen LogP contribution in [0.2, 0.25) is 0 Å². The fourth-order valence-corrected chi connectivity index (χ4v) is 2.08. The number of alkyl halides is 3. The van der Waals surface area contributed by atoms with E-state index in [4.69, 9.17) is 10.8 Å². The third-order valence-electron chi connectivity index (χ3n) is 3.18. The van der Waals surface area contributed by atoms with Crippen LogP contribution in [0.5, 0.6) is 0 Å². The first-order valence-electron chi connectivity index (χ1n) is 6.41. The van der Waals surface area contributed by atoms with E-state index in [1.54, 1.807) is 24.3 Å². The molecule has 1 aromatic carbocycles. The zero-order valence-electron chi connectivity index (χ0n) is 11.5. The van der Waals surface area contributed by atoms with Crippen LogP contribution in [-0.2, 0) is 12.6 Å². The molecule has 0 saturated carbocycles. The molecule has 7 heteroatoms. The van der Waals surface area contributed by atoms with Crippen molar-refractivity contribution in [2.24, 2.45) is 5.73 Å². The molecule has 120 valence electrons. The summed E-state index contributed by atoms with van der Waals surface area (Å²) in [4.78, 5) is 3.80. The molecule has 1 aromatic heterocycles. The Hall–Kier alpha value is -1.63. The summed E-state index contributed by atoms with van der Waals surface area (Å²) in [5.74, 6) is 0. The second-order valence-corrected chi connectivity index (χ2v) is 4.63. The Morgan fingerprint density at radius 1 is 1.14 bits per heavy atom. The highest BCUT2D eigenvalue weighted by Gasteiger charge is 2.35. The monoisotopic (exact) mass is 332 g/mol. The van der Waals surface area contributed by atoms with Crippen LogP contribution in [0.1, 0.15) is 28.4 Å². The molecule has 0 saturated heterocycles. The van der Waals surface area contributed by atoms with Crippen LogP contribution in [0.25, 0.3) is 0 Å². The van der Waals surface area contributed by atoms with E-state index in [9.17, 15) is 13.2 Å². The smallest absolute Gasteiger partial charge is 0.396 e. The lowest BCUT2D eigenvalue weighted by Gasteiger charge is -2.17. The van der Waals surface area contributed by atoms with Gasteiger partial charge in [-0.05, 0) is 29.7 Å². The number of nitrogens with zero attached hydrogens (tertiary/aromatic N) is 1. The predicted molar refractivity (Wildman–Crippen MR) is 79.7 cm³/mol. The fraction of sp³-hybridized carbons (Fsp3) is 0.267. The molecule has 22 heavy (non-hydrogen) atoms. The molecule has 0 radical (unpaired) electrons. The lowest BCUT2D eigenvalue weighted by Crippen LogP contribution is -2.20. The van der Waals surface area contributed by atoms with Crippen molar-refractivity contribution in [2.45, 2.75) is 18.6 Å². The minimum Gasteiger partial charge on any atom is -0.396 e. The minimum atomic E-state index is -4.49. The minimum absolute atomic E-state index is 0. The third kappa shape index (κ3) is 4.19. The summed E-state index contributed by atoms with van der Waals surface area (Å²) in [6.07, 6.45) is -2.70. The lowest BCUT2D eigenvalue weighted by atomic mass is 9.98. The number of rotatable bonds is 4. The van der Waals surface area contributed by atoms with Crippen molar-refractivity contribution in [3.8, 4) is 0 Å². The van der Waals surface area contributed by atoms with Crippen molar-refractivity contribution in [1.82, 2.24) is 4.98 Å². The summed E-state index contributed by atoms with van der Waals surface area (Å²) >= 11 is 0. The zero-order chi connectivity index (χ0) is 15.5. The van der Waals surface area contributed by atoms with Gasteiger partial charge >= 0.3 is 6.18 Å². The highest BCUT2D eigenvalue weighted by molar-refractivity contribution is 5.85. The number of hydrogen-bond donors (Lipinski definition) is 2. The van der Waals surface area contributed by atoms with E-state index in [0.717, 1.165) is 11.6 Å². The Kier molecular flexibility index (Phi) is 6.34. The predicted octanol–water partition coefficient (Wildman–Crippen LogP) is 3.11. The van der Waals surface area contributed by atoms with Gasteiger partial charge in [-0.25, -0.2) is 0 Å². The SMILES string of the molecule is Cl.N[C@@H](c1ccc(CCO)cc1)c1ncccc1C(F)(F)F. The van der Waals surface area contributed by atoms with Crippen LogP contribution in [0.15, 0.2) is 42.6 Å². The first-order chi connectivity index (χ1) is 9.93. The molecular formula is C15H16ClF3N2O. The van der Waals surface area contributed by atoms with Crippen LogP contribution in [0.4, 0.5) is 13.2 Å². The molecule has 2 aromatic rings. The summed E-state index contributed by atoms with van der Waals surface area (Å²) in [6, 6.07) is 8.05. The van der Waals surface area contributed by atoms with Crippen LogP contribution in [0, 0.1) is 0 Å². The Balaban J connectivity index is 0.00000242. The molecule has 0 aliphatic heterocycles. The Morgan fingerprint density at radius 2 is 1.77 bits per heavy atom. The van der Waals surface area contributed by atoms with Crippen molar-refractivity contribution in [3.05, 3.63) is 65.0 Å². The van der Waals surface area contributed by atoms with Crippen LogP contribution in [-0.4, -0.2) is 16.7 Å². The number of halogens is 4. The average molecular weight is 333 g/mol. The van der Waals surface area contributed by atoms with E-state index in [1.165, 1.54) is 12.3 Å². The van der Waals surface area contributed by atoms with Crippen molar-refractivity contribution in [3.63, 3.8) is 0 Å². The zero-order valence-corrected chi connectivity index (χ0v) is 12.4. The van der Waals surface area contributed by atoms with Gasteiger partial charge in [0.2, 0.25) is 0 Å². The van der Waals surface area contributed by atoms with Crippen molar-refractivity contribution >= 4 is 12.4 Å². The van der Waals surface area contributed by atoms with Crippen LogP contribution >= 0.6 is 12.4 Å². The van der Waals surface area contributed by atoms with Gasteiger partial charge in [0.05, 0.1) is 17.3 Å². The Morgan fingerprint density at radius 3 is 2.32 bits per heavy atom. The van der Waals surface area contributed by atoms with Gasteiger partial charge < -0.3 is 10.8 Å². The summed E-state index contributed by atoms with van der Waals surface area (Å²) in [5, 5.41) is 8.84. The molecule has 0 amide bonds. The number of pyridine rings is 1. The van der Waals surface area contributed by atoms with Crippen LogP contribution < -0.4 is 5.73 Å². The number of hydrogen-bond acceptors (Lipinski definition) is 3. The molecule has 0 aliphatic rings. The topological polar surface area (TPSA) is 59.1 Å². The number of aromatic nitrogens is 1. The van der Waals surface area contributed by atoms with E-state index in [1.807, 2.05) is 0 Å². The van der Waals surface area contributed by atoms with E-state index < -0.39 is 17.8 Å². The van der Waals surface area contributed by atoms with Crippen LogP contribution in [0.3, 0.4) is 0 Å². The van der Waals surface area contributed by atoms with Gasteiger partial charge in [0, 0.05) is 12.8 Å². The number of nitrogens with two attached hydrogens (primary N) is 1. The first-order valence-corrected chi connectivity index (χ1v) is 6.41. The van der Waals surface area contributed by atoms with Gasteiger partial charge in [0.15, 0.2) is 0 Å². The maximum atomic E-state index is 13.0. The molecule has 1 atom stereocenters. The highest BCUT2D eigenvalue weighted by atomic mass is 35.5. The van der Waals surface area contributed by atoms with E-state index >= 15 is 0 Å². The highest BCUT2D eigenvalue weighted by Crippen LogP contribution is 2.34. The standard InChI is InChI=1S/C15H15F3N2O.ClH/c16-15(17,18)12-2-1-8-20-14(12)13(19)11-5-3-10(4-6-11)7-9-21;/h1-6,8,13,21H,7,9,19H2;1H/t13-;/m0./s1. The molecule has 1 heterocycles. The van der Waals surface area contributed by atoms with Gasteiger partial charge in [0.25, 0.3) is 0 Å². The second kappa shape index (κ2) is 7.58. The largest absolute Gasteiger partial charge is 0.418 e. The number of aliphatic hydroxyl groups excluding tert-OH is 1. The van der Waals surface area contributed by atoms with Gasteiger partial charge in [0.1, 0.15) is 0 Å². The van der Waals surface area contributed by atoms with Crippen molar-refractivity contribution < 1.29 is 18.3 Å². The molecule has 0 aliphatic carbocycles. The molecule has 3 nitrogen and oxygen atoms in total. The molecule has 0 bridgehead atoms. The van der Waals surface area contributed by atoms with Crippen molar-refractivity contribution in [2.75, 3.05) is 6.61 Å². The normalized spacial score (nSPS) is 12.6. The number of aliphatic hydroxyl groups is 1. The van der Waals surface area contributed by atoms with Gasteiger partial charge in [-0.3, -0.25) is 4.98 Å². The summed E-state index contributed by atoms with van der Waals surface area (Å²) < 4.78 is 38.9. The number of benzene rings is 1. The summed E-state index contributed by atoms with van der Waals surface area (Å²) in [5.41, 5.74) is 6.35. The van der Waals surface area contributed by atoms with E-state index in [0.29, 0.717) is 12.0 Å².